The second-order valence-electron chi connectivity index (χ2n) is 5.86. The fourth-order valence-corrected chi connectivity index (χ4v) is 3.52. The van der Waals surface area contributed by atoms with Crippen molar-refractivity contribution < 1.29 is 4.79 Å². The minimum atomic E-state index is -0.335. The molecule has 8 heteroatoms. The molecule has 1 aliphatic rings. The number of carbonyl (C=O) groups is 1. The topological polar surface area (TPSA) is 89.8 Å². The van der Waals surface area contributed by atoms with Gasteiger partial charge in [0.2, 0.25) is 11.0 Å². The highest BCUT2D eigenvalue weighted by atomic mass is 32.1. The highest BCUT2D eigenvalue weighted by Gasteiger charge is 2.27. The van der Waals surface area contributed by atoms with Crippen molar-refractivity contribution >= 4 is 33.1 Å². The molecule has 2 heterocycles. The number of aryl methyl sites for hydroxylation is 1. The molecule has 1 N–H and O–H groups in total. The zero-order chi connectivity index (χ0) is 16.7. The normalized spacial score (nSPS) is 14.0. The second-order valence-corrected chi connectivity index (χ2v) is 6.87. The summed E-state index contributed by atoms with van der Waals surface area (Å²) in [6, 6.07) is 7.26. The molecule has 0 saturated heterocycles. The molecule has 1 amide bonds. The third-order valence-electron chi connectivity index (χ3n) is 3.96. The molecule has 1 fully saturated rings. The average Bonchev–Trinajstić information content (AvgIpc) is 3.32. The summed E-state index contributed by atoms with van der Waals surface area (Å²) < 4.78 is 1.19. The number of aromatic nitrogens is 4. The summed E-state index contributed by atoms with van der Waals surface area (Å²) in [6.45, 7) is 1.67. The molecule has 4 rings (SSSR count). The lowest BCUT2D eigenvalue weighted by Gasteiger charge is -2.08. The van der Waals surface area contributed by atoms with E-state index in [9.17, 15) is 9.59 Å². The summed E-state index contributed by atoms with van der Waals surface area (Å²) in [6.07, 6.45) is 2.27. The first-order chi connectivity index (χ1) is 11.6. The van der Waals surface area contributed by atoms with E-state index >= 15 is 0 Å². The fourth-order valence-electron chi connectivity index (χ4n) is 2.59. The number of benzene rings is 1. The largest absolute Gasteiger partial charge is 0.299 e. The number of nitrogens with one attached hydrogen (secondary N) is 1. The minimum absolute atomic E-state index is 0.150. The number of hydrogen-bond donors (Lipinski definition) is 1. The van der Waals surface area contributed by atoms with E-state index in [4.69, 9.17) is 0 Å². The average molecular weight is 341 g/mol. The van der Waals surface area contributed by atoms with Crippen LogP contribution in [0.5, 0.6) is 0 Å². The van der Waals surface area contributed by atoms with Crippen molar-refractivity contribution in [2.45, 2.75) is 32.2 Å². The summed E-state index contributed by atoms with van der Waals surface area (Å²) in [5.41, 5.74) is 0.437. The number of anilines is 1. The Bertz CT molecular complexity index is 990. The molecule has 0 aliphatic heterocycles. The van der Waals surface area contributed by atoms with Gasteiger partial charge in [0, 0.05) is 11.3 Å². The zero-order valence-electron chi connectivity index (χ0n) is 13.0. The third-order valence-corrected chi connectivity index (χ3v) is 4.96. The zero-order valence-corrected chi connectivity index (χ0v) is 13.8. The van der Waals surface area contributed by atoms with Crippen molar-refractivity contribution in [1.29, 1.82) is 0 Å². The van der Waals surface area contributed by atoms with E-state index in [1.807, 2.05) is 19.1 Å². The minimum Gasteiger partial charge on any atom is -0.299 e. The second kappa shape index (κ2) is 5.79. The Morgan fingerprint density at radius 2 is 2.04 bits per heavy atom. The van der Waals surface area contributed by atoms with E-state index in [-0.39, 0.29) is 18.0 Å². The van der Waals surface area contributed by atoms with E-state index in [2.05, 4.69) is 20.6 Å². The van der Waals surface area contributed by atoms with E-state index in [0.717, 1.165) is 23.2 Å². The predicted molar refractivity (Wildman–Crippen MR) is 91.3 cm³/mol. The van der Waals surface area contributed by atoms with Crippen LogP contribution in [0.1, 0.15) is 29.5 Å². The maximum Gasteiger partial charge on any atom is 0.275 e. The van der Waals surface area contributed by atoms with Crippen molar-refractivity contribution in [3.63, 3.8) is 0 Å². The molecule has 1 aliphatic carbocycles. The summed E-state index contributed by atoms with van der Waals surface area (Å²) in [4.78, 5) is 24.7. The number of rotatable bonds is 4. The van der Waals surface area contributed by atoms with Gasteiger partial charge in [0.25, 0.3) is 5.56 Å². The highest BCUT2D eigenvalue weighted by Crippen LogP contribution is 2.41. The van der Waals surface area contributed by atoms with Gasteiger partial charge in [-0.3, -0.25) is 14.9 Å². The molecule has 1 saturated carbocycles. The lowest BCUT2D eigenvalue weighted by atomic mass is 10.1. The quantitative estimate of drug-likeness (QED) is 0.784. The lowest BCUT2D eigenvalue weighted by Crippen LogP contribution is -2.30. The number of hydrogen-bond acceptors (Lipinski definition) is 6. The van der Waals surface area contributed by atoms with Crippen molar-refractivity contribution in [1.82, 2.24) is 20.0 Å². The Hall–Kier alpha value is -2.61. The Kier molecular flexibility index (Phi) is 3.61. The van der Waals surface area contributed by atoms with Crippen LogP contribution in [0, 0.1) is 6.92 Å². The van der Waals surface area contributed by atoms with Crippen LogP contribution in [0.25, 0.3) is 10.8 Å². The first-order valence-corrected chi connectivity index (χ1v) is 8.53. The van der Waals surface area contributed by atoms with Gasteiger partial charge in [-0.15, -0.1) is 10.2 Å². The molecule has 0 spiro atoms. The Balaban J connectivity index is 1.55. The van der Waals surface area contributed by atoms with Gasteiger partial charge in [0.1, 0.15) is 11.6 Å². The molecule has 0 atom stereocenters. The molecule has 0 bridgehead atoms. The molecule has 122 valence electrons. The molecular weight excluding hydrogens is 326 g/mol. The number of fused-ring (bicyclic) bond motifs is 1. The molecular formula is C16H15N5O2S. The van der Waals surface area contributed by atoms with Gasteiger partial charge in [0.15, 0.2) is 0 Å². The Morgan fingerprint density at radius 3 is 2.79 bits per heavy atom. The van der Waals surface area contributed by atoms with Crippen molar-refractivity contribution in [2.24, 2.45) is 0 Å². The van der Waals surface area contributed by atoms with E-state index < -0.39 is 0 Å². The van der Waals surface area contributed by atoms with Gasteiger partial charge in [-0.2, -0.15) is 5.10 Å². The van der Waals surface area contributed by atoms with Crippen molar-refractivity contribution in [3.8, 4) is 0 Å². The van der Waals surface area contributed by atoms with Crippen LogP contribution in [0.4, 0.5) is 5.13 Å². The standard InChI is InChI=1S/C16H15N5O2S/c1-9-11-4-2-3-5-12(11)15(23)21(20-9)8-13(22)17-16-19-18-14(24-16)10-6-7-10/h2-5,10H,6-8H2,1H3,(H,17,19,22). The molecule has 3 aromatic rings. The van der Waals surface area contributed by atoms with Crippen LogP contribution in [0.2, 0.25) is 0 Å². The lowest BCUT2D eigenvalue weighted by molar-refractivity contribution is -0.117. The smallest absolute Gasteiger partial charge is 0.275 e. The molecule has 24 heavy (non-hydrogen) atoms. The van der Waals surface area contributed by atoms with Crippen molar-refractivity contribution in [2.75, 3.05) is 5.32 Å². The van der Waals surface area contributed by atoms with Crippen molar-refractivity contribution in [3.05, 3.63) is 45.3 Å². The third kappa shape index (κ3) is 2.80. The van der Waals surface area contributed by atoms with Crippen LogP contribution < -0.4 is 10.9 Å². The summed E-state index contributed by atoms with van der Waals surface area (Å²) in [5.74, 6) is 0.165. The molecule has 0 radical (unpaired) electrons. The Labute approximate surface area is 141 Å². The fraction of sp³-hybridized carbons (Fsp3) is 0.312. The number of nitrogens with zero attached hydrogens (tertiary/aromatic N) is 4. The van der Waals surface area contributed by atoms with Crippen LogP contribution in [0.15, 0.2) is 29.1 Å². The first-order valence-electron chi connectivity index (χ1n) is 7.71. The predicted octanol–water partition coefficient (Wildman–Crippen LogP) is 2.07. The van der Waals surface area contributed by atoms with Crippen LogP contribution >= 0.6 is 11.3 Å². The molecule has 7 nitrogen and oxygen atoms in total. The highest BCUT2D eigenvalue weighted by molar-refractivity contribution is 7.15. The number of carbonyl (C=O) groups excluding carboxylic acids is 1. The van der Waals surface area contributed by atoms with E-state index in [1.165, 1.54) is 16.0 Å². The van der Waals surface area contributed by atoms with Crippen LogP contribution in [-0.2, 0) is 11.3 Å². The van der Waals surface area contributed by atoms with Crippen LogP contribution in [-0.4, -0.2) is 25.9 Å². The molecule has 2 aromatic heterocycles. The summed E-state index contributed by atoms with van der Waals surface area (Å²) in [5, 5.41) is 17.8. The first kappa shape index (κ1) is 14.9. The maximum absolute atomic E-state index is 12.5. The summed E-state index contributed by atoms with van der Waals surface area (Å²) in [7, 11) is 0. The Morgan fingerprint density at radius 1 is 1.29 bits per heavy atom. The van der Waals surface area contributed by atoms with Crippen LogP contribution in [0.3, 0.4) is 0 Å². The van der Waals surface area contributed by atoms with Gasteiger partial charge in [-0.25, -0.2) is 4.68 Å². The SMILES string of the molecule is Cc1nn(CC(=O)Nc2nnc(C3CC3)s2)c(=O)c2ccccc12. The van der Waals surface area contributed by atoms with Gasteiger partial charge in [0.05, 0.1) is 11.1 Å². The van der Waals surface area contributed by atoms with E-state index in [1.54, 1.807) is 12.1 Å². The molecule has 0 unspecified atom stereocenters. The number of amides is 1. The molecule has 1 aromatic carbocycles. The van der Waals surface area contributed by atoms with Gasteiger partial charge < -0.3 is 0 Å². The van der Waals surface area contributed by atoms with Gasteiger partial charge >= 0.3 is 0 Å². The van der Waals surface area contributed by atoms with E-state index in [0.29, 0.717) is 22.1 Å². The maximum atomic E-state index is 12.5. The van der Waals surface area contributed by atoms with Gasteiger partial charge in [-0.1, -0.05) is 29.5 Å². The summed E-state index contributed by atoms with van der Waals surface area (Å²) >= 11 is 1.39. The van der Waals surface area contributed by atoms with Gasteiger partial charge in [-0.05, 0) is 25.8 Å². The monoisotopic (exact) mass is 341 g/mol.